The van der Waals surface area contributed by atoms with Gasteiger partial charge in [0.1, 0.15) is 0 Å². The van der Waals surface area contributed by atoms with Gasteiger partial charge >= 0.3 is 0 Å². The summed E-state index contributed by atoms with van der Waals surface area (Å²) in [5, 5.41) is 0. The minimum atomic E-state index is 0.515. The van der Waals surface area contributed by atoms with Crippen molar-refractivity contribution in [3.05, 3.63) is 24.3 Å². The summed E-state index contributed by atoms with van der Waals surface area (Å²) in [6, 6.07) is 8.81. The molecule has 0 saturated heterocycles. The fraction of sp³-hybridized carbons (Fsp3) is 0.562. The number of hydrogen-bond acceptors (Lipinski definition) is 2. The Morgan fingerprint density at radius 1 is 1.21 bits per heavy atom. The number of benzene rings is 1. The largest absolute Gasteiger partial charge is 0.369 e. The van der Waals surface area contributed by atoms with E-state index in [1.165, 1.54) is 31.2 Å². The zero-order chi connectivity index (χ0) is 13.4. The van der Waals surface area contributed by atoms with Crippen molar-refractivity contribution in [2.75, 3.05) is 5.73 Å². The Hall–Kier alpha value is -1.51. The van der Waals surface area contributed by atoms with Crippen LogP contribution in [-0.4, -0.2) is 9.55 Å². The third-order valence-electron chi connectivity index (χ3n) is 4.59. The molecule has 1 aliphatic carbocycles. The highest BCUT2D eigenvalue weighted by molar-refractivity contribution is 5.78. The second kappa shape index (κ2) is 4.87. The molecule has 2 N–H and O–H groups in total. The first-order valence-electron chi connectivity index (χ1n) is 7.41. The highest BCUT2D eigenvalue weighted by Crippen LogP contribution is 2.41. The summed E-state index contributed by atoms with van der Waals surface area (Å²) in [4.78, 5) is 4.52. The monoisotopic (exact) mass is 257 g/mol. The lowest BCUT2D eigenvalue weighted by Gasteiger charge is -2.36. The Balaban J connectivity index is 2.09. The lowest BCUT2D eigenvalue weighted by molar-refractivity contribution is 0.189. The molecule has 1 aliphatic rings. The Morgan fingerprint density at radius 3 is 2.74 bits per heavy atom. The van der Waals surface area contributed by atoms with Crippen molar-refractivity contribution in [1.29, 1.82) is 0 Å². The van der Waals surface area contributed by atoms with Crippen LogP contribution in [0.4, 0.5) is 5.95 Å². The first-order chi connectivity index (χ1) is 9.18. The van der Waals surface area contributed by atoms with Crippen molar-refractivity contribution in [2.45, 2.75) is 45.6 Å². The predicted molar refractivity (Wildman–Crippen MR) is 80.0 cm³/mol. The van der Waals surface area contributed by atoms with E-state index in [1.807, 2.05) is 6.07 Å². The van der Waals surface area contributed by atoms with Crippen molar-refractivity contribution >= 4 is 17.0 Å². The molecule has 0 bridgehead atoms. The molecule has 1 saturated carbocycles. The minimum absolute atomic E-state index is 0.515. The predicted octanol–water partition coefficient (Wildman–Crippen LogP) is 4.01. The van der Waals surface area contributed by atoms with Crippen LogP contribution < -0.4 is 5.73 Å². The van der Waals surface area contributed by atoms with Gasteiger partial charge in [-0.15, -0.1) is 0 Å². The smallest absolute Gasteiger partial charge is 0.201 e. The zero-order valence-electron chi connectivity index (χ0n) is 11.8. The van der Waals surface area contributed by atoms with Gasteiger partial charge in [0.2, 0.25) is 5.95 Å². The van der Waals surface area contributed by atoms with E-state index < -0.39 is 0 Å². The molecule has 2 aromatic rings. The first kappa shape index (κ1) is 12.5. The van der Waals surface area contributed by atoms with Crippen LogP contribution in [0.25, 0.3) is 11.0 Å². The third kappa shape index (κ3) is 2.11. The standard InChI is InChI=1S/C16H23N3/c1-11(2)12-7-3-5-9-14(12)19-15-10-6-4-8-13(15)18-16(19)17/h4,6,8,10-12,14H,3,5,7,9H2,1-2H3,(H2,17,18). The van der Waals surface area contributed by atoms with Gasteiger partial charge in [0.25, 0.3) is 0 Å². The van der Waals surface area contributed by atoms with E-state index in [4.69, 9.17) is 5.73 Å². The molecule has 0 radical (unpaired) electrons. The number of fused-ring (bicyclic) bond motifs is 1. The number of imidazole rings is 1. The zero-order valence-corrected chi connectivity index (χ0v) is 11.8. The second-order valence-corrected chi connectivity index (χ2v) is 6.09. The van der Waals surface area contributed by atoms with Gasteiger partial charge in [-0.3, -0.25) is 0 Å². The van der Waals surface area contributed by atoms with Gasteiger partial charge in [-0.25, -0.2) is 4.98 Å². The molecule has 102 valence electrons. The van der Waals surface area contributed by atoms with E-state index in [0.29, 0.717) is 23.8 Å². The Kier molecular flexibility index (Phi) is 3.21. The van der Waals surface area contributed by atoms with Gasteiger partial charge in [0, 0.05) is 6.04 Å². The summed E-state index contributed by atoms with van der Waals surface area (Å²) in [6.45, 7) is 4.66. The molecule has 0 amide bonds. The normalized spacial score (nSPS) is 24.2. The van der Waals surface area contributed by atoms with Crippen LogP contribution in [0, 0.1) is 11.8 Å². The molecule has 1 fully saturated rings. The highest BCUT2D eigenvalue weighted by Gasteiger charge is 2.30. The molecule has 3 nitrogen and oxygen atoms in total. The van der Waals surface area contributed by atoms with Gasteiger partial charge in [-0.1, -0.05) is 38.8 Å². The average Bonchev–Trinajstić information content (AvgIpc) is 2.74. The van der Waals surface area contributed by atoms with Crippen LogP contribution in [0.15, 0.2) is 24.3 Å². The molecular weight excluding hydrogens is 234 g/mol. The van der Waals surface area contributed by atoms with Crippen LogP contribution in [-0.2, 0) is 0 Å². The molecule has 0 aliphatic heterocycles. The van der Waals surface area contributed by atoms with E-state index in [0.717, 1.165) is 5.52 Å². The summed E-state index contributed by atoms with van der Waals surface area (Å²) in [7, 11) is 0. The second-order valence-electron chi connectivity index (χ2n) is 6.09. The van der Waals surface area contributed by atoms with Crippen LogP contribution in [0.1, 0.15) is 45.6 Å². The fourth-order valence-electron chi connectivity index (χ4n) is 3.65. The lowest BCUT2D eigenvalue weighted by Crippen LogP contribution is -2.27. The highest BCUT2D eigenvalue weighted by atomic mass is 15.2. The van der Waals surface area contributed by atoms with Crippen molar-refractivity contribution in [3.8, 4) is 0 Å². The molecule has 1 aromatic carbocycles. The van der Waals surface area contributed by atoms with Crippen molar-refractivity contribution < 1.29 is 0 Å². The maximum Gasteiger partial charge on any atom is 0.201 e. The topological polar surface area (TPSA) is 43.8 Å². The number of hydrogen-bond donors (Lipinski definition) is 1. The van der Waals surface area contributed by atoms with E-state index in [9.17, 15) is 0 Å². The number of nitrogens with zero attached hydrogens (tertiary/aromatic N) is 2. The number of nitrogens with two attached hydrogens (primary N) is 1. The maximum absolute atomic E-state index is 6.20. The number of anilines is 1. The quantitative estimate of drug-likeness (QED) is 0.883. The van der Waals surface area contributed by atoms with Crippen LogP contribution in [0.2, 0.25) is 0 Å². The van der Waals surface area contributed by atoms with E-state index in [1.54, 1.807) is 0 Å². The Bertz CT molecular complexity index is 570. The molecule has 1 aromatic heterocycles. The minimum Gasteiger partial charge on any atom is -0.369 e. The van der Waals surface area contributed by atoms with Crippen LogP contribution in [0.3, 0.4) is 0 Å². The van der Waals surface area contributed by atoms with Gasteiger partial charge in [-0.2, -0.15) is 0 Å². The number of para-hydroxylation sites is 2. The molecule has 2 unspecified atom stereocenters. The van der Waals surface area contributed by atoms with E-state index in [-0.39, 0.29) is 0 Å². The number of nitrogen functional groups attached to an aromatic ring is 1. The van der Waals surface area contributed by atoms with Crippen LogP contribution >= 0.6 is 0 Å². The molecule has 19 heavy (non-hydrogen) atoms. The molecule has 1 heterocycles. The molecule has 3 rings (SSSR count). The summed E-state index contributed by atoms with van der Waals surface area (Å²) in [5.74, 6) is 2.10. The maximum atomic E-state index is 6.20. The van der Waals surface area contributed by atoms with E-state index >= 15 is 0 Å². The summed E-state index contributed by atoms with van der Waals surface area (Å²) < 4.78 is 2.29. The Morgan fingerprint density at radius 2 is 1.95 bits per heavy atom. The van der Waals surface area contributed by atoms with Gasteiger partial charge < -0.3 is 10.3 Å². The number of rotatable bonds is 2. The lowest BCUT2D eigenvalue weighted by atomic mass is 9.77. The third-order valence-corrected chi connectivity index (χ3v) is 4.59. The molecule has 3 heteroatoms. The fourth-order valence-corrected chi connectivity index (χ4v) is 3.65. The van der Waals surface area contributed by atoms with Gasteiger partial charge in [0.15, 0.2) is 0 Å². The number of aromatic nitrogens is 2. The van der Waals surface area contributed by atoms with Crippen molar-refractivity contribution in [2.24, 2.45) is 11.8 Å². The van der Waals surface area contributed by atoms with Crippen molar-refractivity contribution in [1.82, 2.24) is 9.55 Å². The average molecular weight is 257 g/mol. The van der Waals surface area contributed by atoms with Gasteiger partial charge in [-0.05, 0) is 36.8 Å². The van der Waals surface area contributed by atoms with Crippen molar-refractivity contribution in [3.63, 3.8) is 0 Å². The van der Waals surface area contributed by atoms with E-state index in [2.05, 4.69) is 41.6 Å². The Labute approximate surface area is 114 Å². The van der Waals surface area contributed by atoms with Gasteiger partial charge in [0.05, 0.1) is 11.0 Å². The van der Waals surface area contributed by atoms with Crippen LogP contribution in [0.5, 0.6) is 0 Å². The molecular formula is C16H23N3. The summed E-state index contributed by atoms with van der Waals surface area (Å²) in [6.07, 6.45) is 5.20. The first-order valence-corrected chi connectivity index (χ1v) is 7.41. The molecule has 2 atom stereocenters. The summed E-state index contributed by atoms with van der Waals surface area (Å²) >= 11 is 0. The summed E-state index contributed by atoms with van der Waals surface area (Å²) in [5.41, 5.74) is 8.41. The SMILES string of the molecule is CC(C)C1CCCCC1n1c(N)nc2ccccc21. The molecule has 0 spiro atoms.